The molecule has 3 N–H and O–H groups in total. The van der Waals surface area contributed by atoms with Crippen molar-refractivity contribution >= 4 is 12.2 Å². The highest BCUT2D eigenvalue weighted by Crippen LogP contribution is 1.91. The van der Waals surface area contributed by atoms with Crippen LogP contribution in [0.1, 0.15) is 10.5 Å². The first-order valence-corrected chi connectivity index (χ1v) is 2.08. The molecule has 4 heteroatoms. The molecule has 1 heterocycles. The summed E-state index contributed by atoms with van der Waals surface area (Å²) in [6.45, 7) is 0. The summed E-state index contributed by atoms with van der Waals surface area (Å²) in [5.41, 5.74) is 5.53. The first-order chi connectivity index (χ1) is 3.83. The Hall–Kier alpha value is -1.32. The molecule has 0 saturated heterocycles. The highest BCUT2D eigenvalue weighted by atomic mass is 16.1. The Labute approximate surface area is 45.7 Å². The van der Waals surface area contributed by atoms with Gasteiger partial charge in [-0.05, 0) is 0 Å². The number of aldehydes is 1. The molecule has 0 unspecified atom stereocenters. The van der Waals surface area contributed by atoms with Crippen LogP contribution in [-0.2, 0) is 0 Å². The molecular weight excluding hydrogens is 106 g/mol. The normalized spacial score (nSPS) is 9.00. The average molecular weight is 111 g/mol. The Balaban J connectivity index is 3.00. The number of rotatable bonds is 1. The summed E-state index contributed by atoms with van der Waals surface area (Å²) in [6.07, 6.45) is 2.03. The quantitative estimate of drug-likeness (QED) is 0.493. The van der Waals surface area contributed by atoms with Gasteiger partial charge in [0.25, 0.3) is 0 Å². The van der Waals surface area contributed by atoms with Crippen molar-refractivity contribution in [2.75, 3.05) is 5.73 Å². The maximum Gasteiger partial charge on any atom is 0.197 e. The summed E-state index contributed by atoms with van der Waals surface area (Å²) in [5.74, 6) is 0.270. The number of aromatic nitrogens is 2. The number of nitrogen functional groups attached to an aromatic ring is 1. The smallest absolute Gasteiger partial charge is 0.197 e. The van der Waals surface area contributed by atoms with Crippen LogP contribution in [0.2, 0.25) is 0 Å². The first kappa shape index (κ1) is 4.83. The van der Waals surface area contributed by atoms with Gasteiger partial charge in [0.05, 0.1) is 11.9 Å². The molecule has 42 valence electrons. The molecule has 0 atom stereocenters. The van der Waals surface area contributed by atoms with Crippen molar-refractivity contribution in [3.05, 3.63) is 11.9 Å². The van der Waals surface area contributed by atoms with Gasteiger partial charge < -0.3 is 10.7 Å². The maximum atomic E-state index is 9.89. The number of nitrogens with zero attached hydrogens (tertiary/aromatic N) is 1. The van der Waals surface area contributed by atoms with E-state index in [2.05, 4.69) is 9.97 Å². The number of carbonyl (C=O) groups is 1. The van der Waals surface area contributed by atoms with Gasteiger partial charge in [0.1, 0.15) is 0 Å². The van der Waals surface area contributed by atoms with E-state index in [4.69, 9.17) is 5.73 Å². The molecule has 0 saturated carbocycles. The second-order valence-corrected chi connectivity index (χ2v) is 1.34. The van der Waals surface area contributed by atoms with Gasteiger partial charge in [-0.2, -0.15) is 0 Å². The van der Waals surface area contributed by atoms with Gasteiger partial charge >= 0.3 is 0 Å². The van der Waals surface area contributed by atoms with Crippen LogP contribution < -0.4 is 5.73 Å². The van der Waals surface area contributed by atoms with Crippen molar-refractivity contribution < 1.29 is 4.79 Å². The minimum atomic E-state index is 0.270. The van der Waals surface area contributed by atoms with E-state index in [1.54, 1.807) is 0 Å². The standard InChI is InChI=1S/C4H5N3O/c5-4-6-1-3(2-8)7-4/h1-2H,(H3,5,6,7). The SMILES string of the molecule is Nc1ncc(C=O)[nH]1. The first-order valence-electron chi connectivity index (χ1n) is 2.08. The second kappa shape index (κ2) is 1.65. The molecule has 8 heavy (non-hydrogen) atoms. The molecule has 0 bridgehead atoms. The third-order valence-electron chi connectivity index (χ3n) is 0.742. The molecular formula is C4H5N3O. The monoisotopic (exact) mass is 111 g/mol. The lowest BCUT2D eigenvalue weighted by atomic mass is 10.6. The van der Waals surface area contributed by atoms with Gasteiger partial charge in [-0.3, -0.25) is 4.79 Å². The minimum absolute atomic E-state index is 0.270. The van der Waals surface area contributed by atoms with E-state index < -0.39 is 0 Å². The second-order valence-electron chi connectivity index (χ2n) is 1.34. The van der Waals surface area contributed by atoms with E-state index in [1.165, 1.54) is 6.20 Å². The molecule has 1 aromatic heterocycles. The molecule has 4 nitrogen and oxygen atoms in total. The molecule has 0 aromatic carbocycles. The third kappa shape index (κ3) is 0.676. The number of carbonyl (C=O) groups excluding carboxylic acids is 1. The van der Waals surface area contributed by atoms with Crippen LogP contribution in [0.3, 0.4) is 0 Å². The topological polar surface area (TPSA) is 71.8 Å². The molecule has 0 radical (unpaired) electrons. The van der Waals surface area contributed by atoms with Gasteiger partial charge in [0, 0.05) is 0 Å². The Morgan fingerprint density at radius 2 is 2.62 bits per heavy atom. The van der Waals surface area contributed by atoms with Gasteiger partial charge in [-0.1, -0.05) is 0 Å². The van der Waals surface area contributed by atoms with Crippen molar-refractivity contribution in [3.8, 4) is 0 Å². The molecule has 0 fully saturated rings. The van der Waals surface area contributed by atoms with Gasteiger partial charge in [-0.25, -0.2) is 4.98 Å². The van der Waals surface area contributed by atoms with Crippen LogP contribution in [0.4, 0.5) is 5.95 Å². The van der Waals surface area contributed by atoms with Gasteiger partial charge in [0.2, 0.25) is 0 Å². The van der Waals surface area contributed by atoms with E-state index in [0.717, 1.165) is 0 Å². The van der Waals surface area contributed by atoms with Crippen molar-refractivity contribution in [1.29, 1.82) is 0 Å². The van der Waals surface area contributed by atoms with Crippen molar-refractivity contribution in [1.82, 2.24) is 9.97 Å². The van der Waals surface area contributed by atoms with Crippen LogP contribution >= 0.6 is 0 Å². The van der Waals surface area contributed by atoms with Crippen LogP contribution in [0, 0.1) is 0 Å². The van der Waals surface area contributed by atoms with Crippen LogP contribution in [-0.4, -0.2) is 16.3 Å². The summed E-state index contributed by atoms with van der Waals surface area (Å²) >= 11 is 0. The summed E-state index contributed by atoms with van der Waals surface area (Å²) < 4.78 is 0. The Morgan fingerprint density at radius 1 is 1.88 bits per heavy atom. The van der Waals surface area contributed by atoms with Gasteiger partial charge in [0.15, 0.2) is 12.2 Å². The zero-order valence-electron chi connectivity index (χ0n) is 4.09. The average Bonchev–Trinajstić information content (AvgIpc) is 2.14. The number of hydrogen-bond acceptors (Lipinski definition) is 3. The van der Waals surface area contributed by atoms with Crippen LogP contribution in [0.5, 0.6) is 0 Å². The minimum Gasteiger partial charge on any atom is -0.369 e. The highest BCUT2D eigenvalue weighted by Gasteiger charge is 1.90. The molecule has 0 amide bonds. The molecule has 0 spiro atoms. The van der Waals surface area contributed by atoms with Crippen molar-refractivity contribution in [2.24, 2.45) is 0 Å². The summed E-state index contributed by atoms with van der Waals surface area (Å²) in [5, 5.41) is 0. The number of aromatic amines is 1. The third-order valence-corrected chi connectivity index (χ3v) is 0.742. The fourth-order valence-electron chi connectivity index (χ4n) is 0.411. The summed E-state index contributed by atoms with van der Waals surface area (Å²) in [4.78, 5) is 16.0. The fraction of sp³-hybridized carbons (Fsp3) is 0. The number of anilines is 1. The number of H-pyrrole nitrogens is 1. The highest BCUT2D eigenvalue weighted by molar-refractivity contribution is 5.71. The Morgan fingerprint density at radius 3 is 2.88 bits per heavy atom. The van der Waals surface area contributed by atoms with Crippen LogP contribution in [0.15, 0.2) is 6.20 Å². The predicted octanol–water partition coefficient (Wildman–Crippen LogP) is -0.196. The maximum absolute atomic E-state index is 9.89. The molecule has 0 aliphatic heterocycles. The number of nitrogens with one attached hydrogen (secondary N) is 1. The van der Waals surface area contributed by atoms with Crippen molar-refractivity contribution in [2.45, 2.75) is 0 Å². The summed E-state index contributed by atoms with van der Waals surface area (Å²) in [6, 6.07) is 0. The van der Waals surface area contributed by atoms with Crippen LogP contribution in [0.25, 0.3) is 0 Å². The van der Waals surface area contributed by atoms with Gasteiger partial charge in [-0.15, -0.1) is 0 Å². The number of hydrogen-bond donors (Lipinski definition) is 2. The molecule has 1 rings (SSSR count). The number of imidazole rings is 1. The van der Waals surface area contributed by atoms with E-state index in [9.17, 15) is 4.79 Å². The number of nitrogens with two attached hydrogens (primary N) is 1. The van der Waals surface area contributed by atoms with E-state index in [-0.39, 0.29) is 5.95 Å². The lowest BCUT2D eigenvalue weighted by Gasteiger charge is -1.74. The molecule has 0 aliphatic rings. The zero-order chi connectivity index (χ0) is 5.98. The lowest BCUT2D eigenvalue weighted by molar-refractivity contribution is 0.111. The Kier molecular flexibility index (Phi) is 0.997. The lowest BCUT2D eigenvalue weighted by Crippen LogP contribution is -1.85. The molecule has 1 aromatic rings. The predicted molar refractivity (Wildman–Crippen MR) is 28.4 cm³/mol. The van der Waals surface area contributed by atoms with E-state index >= 15 is 0 Å². The summed E-state index contributed by atoms with van der Waals surface area (Å²) in [7, 11) is 0. The Bertz CT molecular complexity index is 193. The largest absolute Gasteiger partial charge is 0.369 e. The fourth-order valence-corrected chi connectivity index (χ4v) is 0.411. The van der Waals surface area contributed by atoms with E-state index in [1.807, 2.05) is 0 Å². The zero-order valence-corrected chi connectivity index (χ0v) is 4.09. The van der Waals surface area contributed by atoms with E-state index in [0.29, 0.717) is 12.0 Å². The molecule has 0 aliphatic carbocycles. The van der Waals surface area contributed by atoms with Crippen molar-refractivity contribution in [3.63, 3.8) is 0 Å².